The van der Waals surface area contributed by atoms with Crippen molar-refractivity contribution in [1.29, 1.82) is 0 Å². The van der Waals surface area contributed by atoms with E-state index in [1.54, 1.807) is 6.26 Å². The maximum Gasteiger partial charge on any atom is 0.153 e. The summed E-state index contributed by atoms with van der Waals surface area (Å²) in [6.45, 7) is 2.82. The number of rotatable bonds is 5. The minimum atomic E-state index is 0.141. The molecule has 0 saturated heterocycles. The summed E-state index contributed by atoms with van der Waals surface area (Å²) in [6.07, 6.45) is 3.44. The lowest BCUT2D eigenvalue weighted by atomic mass is 10.1. The van der Waals surface area contributed by atoms with Crippen molar-refractivity contribution >= 4 is 11.0 Å². The number of hydrogen-bond donors (Lipinski definition) is 1. The molecule has 0 radical (unpaired) electrons. The number of fused-ring (bicyclic) bond motifs is 1. The number of para-hydroxylation sites is 1. The third-order valence-electron chi connectivity index (χ3n) is 4.36. The van der Waals surface area contributed by atoms with Crippen molar-refractivity contribution in [1.82, 2.24) is 20.3 Å². The molecule has 0 saturated carbocycles. The van der Waals surface area contributed by atoms with E-state index in [1.165, 1.54) is 0 Å². The molecular weight excluding hydrogens is 304 g/mol. The zero-order valence-corrected chi connectivity index (χ0v) is 13.6. The smallest absolute Gasteiger partial charge is 0.153 e. The van der Waals surface area contributed by atoms with E-state index >= 15 is 0 Å². The quantitative estimate of drug-likeness (QED) is 0.601. The van der Waals surface area contributed by atoms with Crippen LogP contribution in [0.5, 0.6) is 0 Å². The normalized spacial score (nSPS) is 13.0. The SMILES string of the molecule is C[C@@H](c1ccon1)N(C)Cc1cn[nH]c1-c1cc2ccccc2o1. The lowest BCUT2D eigenvalue weighted by Crippen LogP contribution is -2.22. The molecule has 24 heavy (non-hydrogen) atoms. The minimum Gasteiger partial charge on any atom is -0.454 e. The molecule has 0 aliphatic carbocycles. The summed E-state index contributed by atoms with van der Waals surface area (Å²) in [5, 5.41) is 12.4. The first-order valence-electron chi connectivity index (χ1n) is 7.84. The van der Waals surface area contributed by atoms with Gasteiger partial charge in [0, 0.05) is 23.6 Å². The Kier molecular flexibility index (Phi) is 3.66. The molecule has 1 aromatic carbocycles. The molecule has 6 nitrogen and oxygen atoms in total. The van der Waals surface area contributed by atoms with Crippen molar-refractivity contribution in [3.05, 3.63) is 60.1 Å². The highest BCUT2D eigenvalue weighted by Crippen LogP contribution is 2.30. The fourth-order valence-electron chi connectivity index (χ4n) is 2.82. The standard InChI is InChI=1S/C18H18N4O2/c1-12(15-7-8-23-21-15)22(2)11-14-10-19-20-18(14)17-9-13-5-3-4-6-16(13)24-17/h3-10,12H,11H2,1-2H3,(H,19,20)/t12-/m0/s1. The van der Waals surface area contributed by atoms with Crippen molar-refractivity contribution in [3.8, 4) is 11.5 Å². The Hall–Kier alpha value is -2.86. The first-order valence-corrected chi connectivity index (χ1v) is 7.84. The van der Waals surface area contributed by atoms with Gasteiger partial charge in [-0.05, 0) is 26.1 Å². The summed E-state index contributed by atoms with van der Waals surface area (Å²) in [5.74, 6) is 0.797. The van der Waals surface area contributed by atoms with Crippen LogP contribution in [0.1, 0.15) is 24.2 Å². The van der Waals surface area contributed by atoms with Crippen LogP contribution in [0.15, 0.2) is 57.8 Å². The van der Waals surface area contributed by atoms with E-state index in [0.29, 0.717) is 0 Å². The van der Waals surface area contributed by atoms with Crippen molar-refractivity contribution in [3.63, 3.8) is 0 Å². The largest absolute Gasteiger partial charge is 0.454 e. The van der Waals surface area contributed by atoms with Crippen LogP contribution in [0.4, 0.5) is 0 Å². The number of nitrogens with one attached hydrogen (secondary N) is 1. The van der Waals surface area contributed by atoms with E-state index in [1.807, 2.05) is 42.6 Å². The van der Waals surface area contributed by atoms with Gasteiger partial charge in [0.15, 0.2) is 5.76 Å². The van der Waals surface area contributed by atoms with Gasteiger partial charge in [-0.25, -0.2) is 0 Å². The second-order valence-corrected chi connectivity index (χ2v) is 5.93. The summed E-state index contributed by atoms with van der Waals surface area (Å²) in [5.41, 5.74) is 3.76. The lowest BCUT2D eigenvalue weighted by molar-refractivity contribution is 0.241. The molecule has 6 heteroatoms. The van der Waals surface area contributed by atoms with Gasteiger partial charge in [-0.3, -0.25) is 10.00 Å². The van der Waals surface area contributed by atoms with Crippen molar-refractivity contribution in [2.24, 2.45) is 0 Å². The average Bonchev–Trinajstić information content (AvgIpc) is 3.33. The summed E-state index contributed by atoms with van der Waals surface area (Å²) >= 11 is 0. The van der Waals surface area contributed by atoms with Crippen molar-refractivity contribution in [2.75, 3.05) is 7.05 Å². The number of hydrogen-bond acceptors (Lipinski definition) is 5. The van der Waals surface area contributed by atoms with Gasteiger partial charge in [0.1, 0.15) is 23.2 Å². The van der Waals surface area contributed by atoms with Crippen LogP contribution in [0.3, 0.4) is 0 Å². The van der Waals surface area contributed by atoms with Crippen LogP contribution in [-0.2, 0) is 6.54 Å². The Morgan fingerprint density at radius 3 is 2.92 bits per heavy atom. The van der Waals surface area contributed by atoms with E-state index in [-0.39, 0.29) is 6.04 Å². The fourth-order valence-corrected chi connectivity index (χ4v) is 2.82. The highest BCUT2D eigenvalue weighted by atomic mass is 16.5. The first-order chi connectivity index (χ1) is 11.7. The zero-order chi connectivity index (χ0) is 16.5. The molecule has 0 spiro atoms. The van der Waals surface area contributed by atoms with E-state index in [2.05, 4.69) is 34.2 Å². The molecule has 0 fully saturated rings. The highest BCUT2D eigenvalue weighted by molar-refractivity contribution is 5.82. The summed E-state index contributed by atoms with van der Waals surface area (Å²) < 4.78 is 10.9. The number of aromatic amines is 1. The monoisotopic (exact) mass is 322 g/mol. The average molecular weight is 322 g/mol. The van der Waals surface area contributed by atoms with Crippen LogP contribution in [0.25, 0.3) is 22.4 Å². The van der Waals surface area contributed by atoms with Crippen LogP contribution in [0.2, 0.25) is 0 Å². The molecule has 0 aliphatic heterocycles. The third-order valence-corrected chi connectivity index (χ3v) is 4.36. The molecule has 0 bridgehead atoms. The number of aromatic nitrogens is 3. The Morgan fingerprint density at radius 1 is 1.25 bits per heavy atom. The highest BCUT2D eigenvalue weighted by Gasteiger charge is 2.19. The molecule has 3 heterocycles. The van der Waals surface area contributed by atoms with E-state index in [4.69, 9.17) is 8.94 Å². The van der Waals surface area contributed by atoms with Crippen LogP contribution < -0.4 is 0 Å². The van der Waals surface area contributed by atoms with Gasteiger partial charge >= 0.3 is 0 Å². The van der Waals surface area contributed by atoms with Gasteiger partial charge in [-0.1, -0.05) is 23.4 Å². The molecular formula is C18H18N4O2. The molecule has 1 N–H and O–H groups in total. The number of nitrogens with zero attached hydrogens (tertiary/aromatic N) is 3. The number of H-pyrrole nitrogens is 1. The lowest BCUT2D eigenvalue weighted by Gasteiger charge is -2.22. The maximum atomic E-state index is 5.95. The van der Waals surface area contributed by atoms with E-state index in [0.717, 1.165) is 40.2 Å². The van der Waals surface area contributed by atoms with Crippen LogP contribution in [-0.4, -0.2) is 27.3 Å². The molecule has 0 unspecified atom stereocenters. The third kappa shape index (κ3) is 2.61. The predicted molar refractivity (Wildman–Crippen MR) is 90.2 cm³/mol. The van der Waals surface area contributed by atoms with Gasteiger partial charge < -0.3 is 8.94 Å². The molecule has 0 amide bonds. The Balaban J connectivity index is 1.60. The van der Waals surface area contributed by atoms with Gasteiger partial charge in [-0.2, -0.15) is 5.10 Å². The molecule has 3 aromatic heterocycles. The van der Waals surface area contributed by atoms with Gasteiger partial charge in [-0.15, -0.1) is 0 Å². The van der Waals surface area contributed by atoms with E-state index in [9.17, 15) is 0 Å². The summed E-state index contributed by atoms with van der Waals surface area (Å²) in [4.78, 5) is 2.19. The second kappa shape index (κ2) is 5.98. The second-order valence-electron chi connectivity index (χ2n) is 5.93. The minimum absolute atomic E-state index is 0.141. The molecule has 4 aromatic rings. The molecule has 1 atom stereocenters. The summed E-state index contributed by atoms with van der Waals surface area (Å²) in [6, 6.07) is 12.0. The first kappa shape index (κ1) is 14.7. The Bertz CT molecular complexity index is 906. The van der Waals surface area contributed by atoms with Crippen LogP contribution in [0, 0.1) is 0 Å². The van der Waals surface area contributed by atoms with Gasteiger partial charge in [0.2, 0.25) is 0 Å². The van der Waals surface area contributed by atoms with Crippen molar-refractivity contribution < 1.29 is 8.94 Å². The zero-order valence-electron chi connectivity index (χ0n) is 13.6. The topological polar surface area (TPSA) is 71.1 Å². The number of furan rings is 1. The molecule has 122 valence electrons. The van der Waals surface area contributed by atoms with Gasteiger partial charge in [0.05, 0.1) is 12.2 Å². The van der Waals surface area contributed by atoms with Crippen molar-refractivity contribution in [2.45, 2.75) is 19.5 Å². The molecule has 4 rings (SSSR count). The predicted octanol–water partition coefficient (Wildman–Crippen LogP) is 4.00. The number of benzene rings is 1. The van der Waals surface area contributed by atoms with Gasteiger partial charge in [0.25, 0.3) is 0 Å². The Morgan fingerprint density at radius 2 is 2.12 bits per heavy atom. The fraction of sp³-hybridized carbons (Fsp3) is 0.222. The van der Waals surface area contributed by atoms with Crippen LogP contribution >= 0.6 is 0 Å². The van der Waals surface area contributed by atoms with E-state index < -0.39 is 0 Å². The Labute approximate surface area is 139 Å². The summed E-state index contributed by atoms with van der Waals surface area (Å²) in [7, 11) is 2.05. The maximum absolute atomic E-state index is 5.95. The molecule has 0 aliphatic rings.